The maximum atomic E-state index is 11.4. The van der Waals surface area contributed by atoms with E-state index in [0.717, 1.165) is 17.4 Å². The third-order valence-electron chi connectivity index (χ3n) is 3.68. The van der Waals surface area contributed by atoms with Crippen molar-refractivity contribution in [2.75, 3.05) is 0 Å². The van der Waals surface area contributed by atoms with Gasteiger partial charge in [-0.05, 0) is 50.2 Å². The molecule has 1 aliphatic carbocycles. The molecular formula is C16H22OS. The molecule has 0 bridgehead atoms. The third kappa shape index (κ3) is 3.61. The monoisotopic (exact) mass is 262 g/mol. The lowest BCUT2D eigenvalue weighted by Crippen LogP contribution is -2.21. The standard InChI is InChI=1S/C16H22OS/c1-11-7-12(2)9-16(8-11)18-15-6-4-5-14(10-15)13(3)17/h4-6,10-12,16H,7-9H2,1-3H3. The normalized spacial score (nSPS) is 28.1. The Morgan fingerprint density at radius 3 is 2.44 bits per heavy atom. The number of thioether (sulfide) groups is 1. The van der Waals surface area contributed by atoms with E-state index in [9.17, 15) is 4.79 Å². The third-order valence-corrected chi connectivity index (χ3v) is 4.92. The van der Waals surface area contributed by atoms with Crippen LogP contribution in [-0.2, 0) is 0 Å². The highest BCUT2D eigenvalue weighted by atomic mass is 32.2. The van der Waals surface area contributed by atoms with Gasteiger partial charge in [-0.3, -0.25) is 4.79 Å². The number of Topliss-reactive ketones (excluding diaryl/α,β-unsaturated/α-hetero) is 1. The van der Waals surface area contributed by atoms with E-state index in [0.29, 0.717) is 5.25 Å². The fraction of sp³-hybridized carbons (Fsp3) is 0.562. The minimum Gasteiger partial charge on any atom is -0.295 e. The molecule has 1 aliphatic rings. The van der Waals surface area contributed by atoms with Crippen molar-refractivity contribution in [2.24, 2.45) is 11.8 Å². The molecule has 1 nitrogen and oxygen atoms in total. The Balaban J connectivity index is 2.04. The Hall–Kier alpha value is -0.760. The Labute approximate surface area is 114 Å². The molecule has 18 heavy (non-hydrogen) atoms. The van der Waals surface area contributed by atoms with Crippen molar-refractivity contribution >= 4 is 17.5 Å². The summed E-state index contributed by atoms with van der Waals surface area (Å²) >= 11 is 1.95. The zero-order chi connectivity index (χ0) is 13.1. The van der Waals surface area contributed by atoms with Gasteiger partial charge in [-0.15, -0.1) is 11.8 Å². The van der Waals surface area contributed by atoms with Crippen LogP contribution < -0.4 is 0 Å². The van der Waals surface area contributed by atoms with Crippen LogP contribution in [0.1, 0.15) is 50.4 Å². The summed E-state index contributed by atoms with van der Waals surface area (Å²) in [7, 11) is 0. The number of rotatable bonds is 3. The van der Waals surface area contributed by atoms with E-state index in [1.807, 2.05) is 30.0 Å². The van der Waals surface area contributed by atoms with Gasteiger partial charge in [0.1, 0.15) is 0 Å². The number of hydrogen-bond acceptors (Lipinski definition) is 2. The van der Waals surface area contributed by atoms with Crippen LogP contribution in [0.5, 0.6) is 0 Å². The molecule has 0 spiro atoms. The molecule has 1 saturated carbocycles. The quantitative estimate of drug-likeness (QED) is 0.727. The van der Waals surface area contributed by atoms with Gasteiger partial charge in [-0.2, -0.15) is 0 Å². The van der Waals surface area contributed by atoms with E-state index < -0.39 is 0 Å². The zero-order valence-electron chi connectivity index (χ0n) is 11.5. The maximum absolute atomic E-state index is 11.4. The maximum Gasteiger partial charge on any atom is 0.159 e. The van der Waals surface area contributed by atoms with Crippen molar-refractivity contribution < 1.29 is 4.79 Å². The average molecular weight is 262 g/mol. The van der Waals surface area contributed by atoms with Crippen molar-refractivity contribution in [1.29, 1.82) is 0 Å². The van der Waals surface area contributed by atoms with Crippen molar-refractivity contribution in [3.8, 4) is 0 Å². The van der Waals surface area contributed by atoms with E-state index in [1.54, 1.807) is 6.92 Å². The smallest absolute Gasteiger partial charge is 0.159 e. The first-order chi connectivity index (χ1) is 8.54. The molecule has 1 fully saturated rings. The summed E-state index contributed by atoms with van der Waals surface area (Å²) < 4.78 is 0. The number of ketones is 1. The summed E-state index contributed by atoms with van der Waals surface area (Å²) in [6, 6.07) is 8.06. The highest BCUT2D eigenvalue weighted by Gasteiger charge is 2.24. The molecule has 1 aromatic rings. The van der Waals surface area contributed by atoms with Gasteiger partial charge in [0.05, 0.1) is 0 Å². The van der Waals surface area contributed by atoms with Crippen LogP contribution >= 0.6 is 11.8 Å². The molecule has 0 N–H and O–H groups in total. The minimum atomic E-state index is 0.155. The number of benzene rings is 1. The lowest BCUT2D eigenvalue weighted by Gasteiger charge is -2.31. The lowest BCUT2D eigenvalue weighted by atomic mass is 9.83. The van der Waals surface area contributed by atoms with E-state index >= 15 is 0 Å². The summed E-state index contributed by atoms with van der Waals surface area (Å²) in [6.07, 6.45) is 3.98. The van der Waals surface area contributed by atoms with Crippen molar-refractivity contribution in [3.63, 3.8) is 0 Å². The Bertz CT molecular complexity index is 417. The molecule has 0 radical (unpaired) electrons. The highest BCUT2D eigenvalue weighted by Crippen LogP contribution is 2.38. The molecular weight excluding hydrogens is 240 g/mol. The highest BCUT2D eigenvalue weighted by molar-refractivity contribution is 8.00. The average Bonchev–Trinajstić information content (AvgIpc) is 2.27. The second-order valence-corrected chi connectivity index (χ2v) is 7.12. The van der Waals surface area contributed by atoms with Crippen LogP contribution in [0.25, 0.3) is 0 Å². The molecule has 0 aliphatic heterocycles. The van der Waals surface area contributed by atoms with Gasteiger partial charge in [0.15, 0.2) is 5.78 Å². The topological polar surface area (TPSA) is 17.1 Å². The first-order valence-corrected chi connectivity index (χ1v) is 7.70. The summed E-state index contributed by atoms with van der Waals surface area (Å²) in [5, 5.41) is 0.714. The Kier molecular flexibility index (Phi) is 4.50. The second-order valence-electron chi connectivity index (χ2n) is 5.74. The zero-order valence-corrected chi connectivity index (χ0v) is 12.3. The van der Waals surface area contributed by atoms with Crippen LogP contribution in [-0.4, -0.2) is 11.0 Å². The number of carbonyl (C=O) groups excluding carboxylic acids is 1. The van der Waals surface area contributed by atoms with Crippen LogP contribution in [0.2, 0.25) is 0 Å². The van der Waals surface area contributed by atoms with Gasteiger partial charge in [0.25, 0.3) is 0 Å². The molecule has 2 unspecified atom stereocenters. The van der Waals surface area contributed by atoms with Gasteiger partial charge < -0.3 is 0 Å². The molecule has 2 rings (SSSR count). The SMILES string of the molecule is CC(=O)c1cccc(SC2CC(C)CC(C)C2)c1. The lowest BCUT2D eigenvalue weighted by molar-refractivity contribution is 0.101. The predicted octanol–water partition coefficient (Wildman–Crippen LogP) is 4.81. The largest absolute Gasteiger partial charge is 0.295 e. The second kappa shape index (κ2) is 5.92. The fourth-order valence-electron chi connectivity index (χ4n) is 2.95. The van der Waals surface area contributed by atoms with Gasteiger partial charge in [-0.25, -0.2) is 0 Å². The van der Waals surface area contributed by atoms with Crippen molar-refractivity contribution in [3.05, 3.63) is 29.8 Å². The van der Waals surface area contributed by atoms with Crippen molar-refractivity contribution in [2.45, 2.75) is 50.2 Å². The summed E-state index contributed by atoms with van der Waals surface area (Å²) in [4.78, 5) is 12.6. The molecule has 2 heteroatoms. The van der Waals surface area contributed by atoms with Crippen LogP contribution in [0.15, 0.2) is 29.2 Å². The molecule has 2 atom stereocenters. The Morgan fingerprint density at radius 1 is 1.17 bits per heavy atom. The minimum absolute atomic E-state index is 0.155. The molecule has 98 valence electrons. The van der Waals surface area contributed by atoms with Gasteiger partial charge in [0, 0.05) is 15.7 Å². The first-order valence-electron chi connectivity index (χ1n) is 6.82. The summed E-state index contributed by atoms with van der Waals surface area (Å²) in [6.45, 7) is 6.35. The van der Waals surface area contributed by atoms with E-state index in [1.165, 1.54) is 24.2 Å². The summed E-state index contributed by atoms with van der Waals surface area (Å²) in [5.74, 6) is 1.83. The van der Waals surface area contributed by atoms with Crippen LogP contribution in [0, 0.1) is 11.8 Å². The Morgan fingerprint density at radius 2 is 1.83 bits per heavy atom. The van der Waals surface area contributed by atoms with Crippen LogP contribution in [0.4, 0.5) is 0 Å². The molecule has 1 aromatic carbocycles. The number of hydrogen-bond donors (Lipinski definition) is 0. The molecule has 0 saturated heterocycles. The molecule has 0 aromatic heterocycles. The first kappa shape index (κ1) is 13.7. The van der Waals surface area contributed by atoms with E-state index in [4.69, 9.17) is 0 Å². The predicted molar refractivity (Wildman–Crippen MR) is 78.3 cm³/mol. The summed E-state index contributed by atoms with van der Waals surface area (Å²) in [5.41, 5.74) is 0.830. The molecule has 0 heterocycles. The van der Waals surface area contributed by atoms with E-state index in [-0.39, 0.29) is 5.78 Å². The van der Waals surface area contributed by atoms with Gasteiger partial charge in [0.2, 0.25) is 0 Å². The fourth-order valence-corrected chi connectivity index (χ4v) is 4.54. The van der Waals surface area contributed by atoms with Crippen LogP contribution in [0.3, 0.4) is 0 Å². The van der Waals surface area contributed by atoms with E-state index in [2.05, 4.69) is 19.9 Å². The molecule has 0 amide bonds. The number of carbonyl (C=O) groups is 1. The van der Waals surface area contributed by atoms with Crippen molar-refractivity contribution in [1.82, 2.24) is 0 Å². The van der Waals surface area contributed by atoms with Gasteiger partial charge >= 0.3 is 0 Å². The van der Waals surface area contributed by atoms with Gasteiger partial charge in [-0.1, -0.05) is 26.0 Å².